The summed E-state index contributed by atoms with van der Waals surface area (Å²) >= 11 is 1.93. The van der Waals surface area contributed by atoms with Crippen molar-refractivity contribution >= 4 is 35.1 Å². The molecule has 1 saturated carbocycles. The number of nitrogens with zero attached hydrogens (tertiary/aromatic N) is 4. The lowest BCUT2D eigenvalue weighted by atomic mass is 9.92. The van der Waals surface area contributed by atoms with E-state index in [2.05, 4.69) is 16.6 Å². The van der Waals surface area contributed by atoms with Crippen LogP contribution < -0.4 is 10.6 Å². The van der Waals surface area contributed by atoms with Gasteiger partial charge in [0, 0.05) is 27.5 Å². The van der Waals surface area contributed by atoms with Crippen molar-refractivity contribution in [3.8, 4) is 0 Å². The highest BCUT2D eigenvalue weighted by atomic mass is 32.2. The van der Waals surface area contributed by atoms with Crippen LogP contribution in [0.25, 0.3) is 0 Å². The quantitative estimate of drug-likeness (QED) is 0.485. The van der Waals surface area contributed by atoms with Crippen LogP contribution in [-0.4, -0.2) is 59.1 Å². The fraction of sp³-hybridized carbons (Fsp3) is 0.643. The summed E-state index contributed by atoms with van der Waals surface area (Å²) in [5, 5.41) is 0. The van der Waals surface area contributed by atoms with Gasteiger partial charge in [0.05, 0.1) is 11.8 Å². The second kappa shape index (κ2) is 15.1. The number of aromatic nitrogens is 1. The van der Waals surface area contributed by atoms with Gasteiger partial charge in [0.1, 0.15) is 23.2 Å². The Kier molecular flexibility index (Phi) is 12.6. The zero-order chi connectivity index (χ0) is 27.5. The topological polar surface area (TPSA) is 91.9 Å². The highest BCUT2D eigenvalue weighted by molar-refractivity contribution is 7.99. The predicted octanol–water partition coefficient (Wildman–Crippen LogP) is 5.90. The van der Waals surface area contributed by atoms with Crippen LogP contribution in [0.15, 0.2) is 29.7 Å². The minimum Gasteiger partial charge on any atom is -0.365 e. The van der Waals surface area contributed by atoms with Crippen LogP contribution in [-0.2, 0) is 4.79 Å². The SMILES string of the molecule is C1CCCCC1.C=C1N(C)C(=O)c2cc(F)cnc2N1C1CCSCC1.CN=C(C(N)=O)C(C)C(C)C.[HH]. The number of rotatable bonds is 4. The van der Waals surface area contributed by atoms with Crippen LogP contribution >= 0.6 is 11.8 Å². The molecule has 37 heavy (non-hydrogen) atoms. The van der Waals surface area contributed by atoms with Gasteiger partial charge in [-0.3, -0.25) is 19.5 Å². The average molecular weight is 536 g/mol. The molecule has 1 aromatic rings. The first-order valence-corrected chi connectivity index (χ1v) is 14.5. The van der Waals surface area contributed by atoms with Gasteiger partial charge in [0.2, 0.25) is 0 Å². The van der Waals surface area contributed by atoms with Crippen molar-refractivity contribution in [1.29, 1.82) is 0 Å². The third kappa shape index (κ3) is 8.55. The zero-order valence-electron chi connectivity index (χ0n) is 23.1. The van der Waals surface area contributed by atoms with Gasteiger partial charge in [0.15, 0.2) is 0 Å². The number of primary amides is 1. The van der Waals surface area contributed by atoms with E-state index >= 15 is 0 Å². The number of carbonyl (C=O) groups is 2. The molecule has 3 aliphatic rings. The maximum Gasteiger partial charge on any atom is 0.262 e. The number of aliphatic imine (C=N–C) groups is 1. The van der Waals surface area contributed by atoms with Crippen molar-refractivity contribution in [3.05, 3.63) is 36.0 Å². The summed E-state index contributed by atoms with van der Waals surface area (Å²) < 4.78 is 13.4. The second-order valence-electron chi connectivity index (χ2n) is 10.1. The summed E-state index contributed by atoms with van der Waals surface area (Å²) in [6.45, 7) is 10.1. The van der Waals surface area contributed by atoms with E-state index in [1.165, 1.54) is 49.5 Å². The van der Waals surface area contributed by atoms with E-state index in [9.17, 15) is 14.0 Å². The lowest BCUT2D eigenvalue weighted by Gasteiger charge is -2.42. The molecular weight excluding hydrogens is 489 g/mol. The second-order valence-corrected chi connectivity index (χ2v) is 11.4. The molecule has 2 N–H and O–H groups in total. The third-order valence-corrected chi connectivity index (χ3v) is 8.29. The van der Waals surface area contributed by atoms with Crippen molar-refractivity contribution in [3.63, 3.8) is 0 Å². The fourth-order valence-electron chi connectivity index (χ4n) is 4.60. The van der Waals surface area contributed by atoms with E-state index in [1.807, 2.05) is 37.4 Å². The Bertz CT molecular complexity index is 953. The molecule has 2 fully saturated rings. The summed E-state index contributed by atoms with van der Waals surface area (Å²) in [6, 6.07) is 1.54. The highest BCUT2D eigenvalue weighted by Gasteiger charge is 2.36. The number of thioether (sulfide) groups is 1. The number of carbonyl (C=O) groups excluding carboxylic acids is 2. The van der Waals surface area contributed by atoms with E-state index < -0.39 is 11.7 Å². The first-order valence-electron chi connectivity index (χ1n) is 13.4. The van der Waals surface area contributed by atoms with Crippen molar-refractivity contribution < 1.29 is 15.4 Å². The van der Waals surface area contributed by atoms with Crippen LogP contribution in [0.1, 0.15) is 83.9 Å². The molecule has 1 saturated heterocycles. The monoisotopic (exact) mass is 535 g/mol. The van der Waals surface area contributed by atoms with Gasteiger partial charge in [-0.1, -0.05) is 65.9 Å². The van der Waals surface area contributed by atoms with Crippen molar-refractivity contribution in [1.82, 2.24) is 9.88 Å². The first-order chi connectivity index (χ1) is 17.6. The molecular formula is C28H46FN5O2S. The molecule has 2 amide bonds. The summed E-state index contributed by atoms with van der Waals surface area (Å²) in [5.41, 5.74) is 5.92. The van der Waals surface area contributed by atoms with Crippen LogP contribution in [0, 0.1) is 17.7 Å². The Balaban J connectivity index is 0.000000338. The number of hydrogen-bond donors (Lipinski definition) is 1. The predicted molar refractivity (Wildman–Crippen MR) is 155 cm³/mol. The third-order valence-electron chi connectivity index (χ3n) is 7.24. The summed E-state index contributed by atoms with van der Waals surface area (Å²) in [5.74, 6) is 2.74. The van der Waals surface area contributed by atoms with Crippen molar-refractivity contribution in [2.75, 3.05) is 30.5 Å². The van der Waals surface area contributed by atoms with Gasteiger partial charge < -0.3 is 10.6 Å². The van der Waals surface area contributed by atoms with E-state index in [0.29, 0.717) is 28.8 Å². The van der Waals surface area contributed by atoms with Gasteiger partial charge in [0.25, 0.3) is 11.8 Å². The molecule has 7 nitrogen and oxygen atoms in total. The van der Waals surface area contributed by atoms with Gasteiger partial charge in [-0.25, -0.2) is 9.37 Å². The number of fused-ring (bicyclic) bond motifs is 1. The van der Waals surface area contributed by atoms with Crippen LogP contribution in [0.3, 0.4) is 0 Å². The molecule has 1 unspecified atom stereocenters. The largest absolute Gasteiger partial charge is 0.365 e. The Morgan fingerprint density at radius 1 is 1.19 bits per heavy atom. The first kappa shape index (κ1) is 30.8. The molecule has 0 aromatic carbocycles. The Morgan fingerprint density at radius 2 is 1.73 bits per heavy atom. The molecule has 1 aliphatic carbocycles. The maximum absolute atomic E-state index is 13.4. The van der Waals surface area contributed by atoms with Crippen LogP contribution in [0.4, 0.5) is 10.2 Å². The number of amides is 2. The van der Waals surface area contributed by atoms with Gasteiger partial charge in [-0.05, 0) is 36.3 Å². The Labute approximate surface area is 227 Å². The van der Waals surface area contributed by atoms with Gasteiger partial charge in [-0.15, -0.1) is 0 Å². The van der Waals surface area contributed by atoms with E-state index in [1.54, 1.807) is 14.1 Å². The van der Waals surface area contributed by atoms with Crippen LogP contribution in [0.2, 0.25) is 0 Å². The summed E-state index contributed by atoms with van der Waals surface area (Å²) in [4.78, 5) is 34.5. The standard InChI is InChI=1S/C14H16FN3OS.C8H16N2O.C6H12.H2/c1-9-17(2)14(19)12-7-10(15)8-16-13(12)18(9)11-3-5-20-6-4-11;1-5(2)6(3)7(10-4)8(9)11;1-2-4-6-5-3-1;/h7-8,11H,1,3-6H2,2H3;5-6H,1-4H3,(H2,9,11);1-6H2;1H. The minimum atomic E-state index is -0.489. The Hall–Kier alpha value is -2.42. The zero-order valence-corrected chi connectivity index (χ0v) is 24.0. The lowest BCUT2D eigenvalue weighted by Crippen LogP contribution is -2.48. The number of pyridine rings is 1. The number of anilines is 1. The molecule has 0 bridgehead atoms. The van der Waals surface area contributed by atoms with E-state index in [-0.39, 0.29) is 19.3 Å². The van der Waals surface area contributed by atoms with Gasteiger partial charge in [-0.2, -0.15) is 11.8 Å². The van der Waals surface area contributed by atoms with E-state index in [0.717, 1.165) is 30.5 Å². The molecule has 208 valence electrons. The highest BCUT2D eigenvalue weighted by Crippen LogP contribution is 2.35. The maximum atomic E-state index is 13.4. The molecule has 0 spiro atoms. The molecule has 3 heterocycles. The fourth-order valence-corrected chi connectivity index (χ4v) is 5.69. The number of hydrogen-bond acceptors (Lipinski definition) is 6. The normalized spacial score (nSPS) is 19.4. The van der Waals surface area contributed by atoms with Crippen molar-refractivity contribution in [2.45, 2.75) is 78.2 Å². The average Bonchev–Trinajstić information content (AvgIpc) is 2.90. The van der Waals surface area contributed by atoms with Gasteiger partial charge >= 0.3 is 0 Å². The van der Waals surface area contributed by atoms with Crippen LogP contribution in [0.5, 0.6) is 0 Å². The molecule has 4 rings (SSSR count). The molecule has 0 radical (unpaired) electrons. The Morgan fingerprint density at radius 3 is 2.16 bits per heavy atom. The molecule has 1 aromatic heterocycles. The smallest absolute Gasteiger partial charge is 0.262 e. The number of halogens is 1. The molecule has 9 heteroatoms. The molecule has 2 aliphatic heterocycles. The summed E-state index contributed by atoms with van der Waals surface area (Å²) in [6.07, 6.45) is 12.2. The molecule has 1 atom stereocenters. The van der Waals surface area contributed by atoms with E-state index in [4.69, 9.17) is 5.73 Å². The summed E-state index contributed by atoms with van der Waals surface area (Å²) in [7, 11) is 3.27. The minimum absolute atomic E-state index is 0. The van der Waals surface area contributed by atoms with Crippen molar-refractivity contribution in [2.24, 2.45) is 22.6 Å². The lowest BCUT2D eigenvalue weighted by molar-refractivity contribution is -0.112. The number of nitrogens with two attached hydrogens (primary N) is 1.